The molecule has 0 aromatic heterocycles. The summed E-state index contributed by atoms with van der Waals surface area (Å²) in [5.41, 5.74) is 10.5. The smallest absolute Gasteiger partial charge is 0.248 e. The Kier molecular flexibility index (Phi) is 5.64. The predicted molar refractivity (Wildman–Crippen MR) is 127 cm³/mol. The average Bonchev–Trinajstić information content (AvgIpc) is 3.10. The maximum Gasteiger partial charge on any atom is 0.248 e. The Morgan fingerprint density at radius 3 is 2.69 bits per heavy atom. The third kappa shape index (κ3) is 3.77. The zero-order chi connectivity index (χ0) is 22.1. The van der Waals surface area contributed by atoms with Crippen LogP contribution >= 0.6 is 0 Å². The molecule has 1 unspecified atom stereocenters. The standard InChI is InChI=1S/C26H32N4O2/c27-24(31)20-7-3-9-21(18-20)30-16-14-29(15-17-30)13-2-1-11-26-12-5-8-19-6-4-10-22(23(19)26)28-25(26)32/h3-4,6-7,9-10,18H,1-2,5,8,11-17H2,(H2,27,31)(H,28,32). The minimum atomic E-state index is -0.381. The van der Waals surface area contributed by atoms with E-state index in [0.29, 0.717) is 5.56 Å². The third-order valence-corrected chi connectivity index (χ3v) is 7.56. The number of primary amides is 1. The van der Waals surface area contributed by atoms with Crippen LogP contribution in [0, 0.1) is 0 Å². The second kappa shape index (κ2) is 8.58. The largest absolute Gasteiger partial charge is 0.369 e. The van der Waals surface area contributed by atoms with Crippen molar-refractivity contribution in [1.29, 1.82) is 0 Å². The number of aryl methyl sites for hydroxylation is 1. The molecule has 5 rings (SSSR count). The lowest BCUT2D eigenvalue weighted by Gasteiger charge is -2.36. The molecule has 0 radical (unpaired) electrons. The Labute approximate surface area is 189 Å². The van der Waals surface area contributed by atoms with Gasteiger partial charge < -0.3 is 16.0 Å². The number of carbonyl (C=O) groups excluding carboxylic acids is 2. The SMILES string of the molecule is NC(=O)c1cccc(N2CCN(CCCCC34CCCc5cccc(c53)NC4=O)CC2)c1. The highest BCUT2D eigenvalue weighted by molar-refractivity contribution is 6.07. The first-order chi connectivity index (χ1) is 15.6. The molecule has 2 aliphatic heterocycles. The molecule has 1 atom stereocenters. The van der Waals surface area contributed by atoms with Gasteiger partial charge in [-0.15, -0.1) is 0 Å². The maximum atomic E-state index is 12.9. The molecule has 0 bridgehead atoms. The number of hydrogen-bond acceptors (Lipinski definition) is 4. The van der Waals surface area contributed by atoms with Crippen molar-refractivity contribution in [2.45, 2.75) is 43.9 Å². The Morgan fingerprint density at radius 2 is 1.88 bits per heavy atom. The van der Waals surface area contributed by atoms with Crippen molar-refractivity contribution in [3.8, 4) is 0 Å². The van der Waals surface area contributed by atoms with Gasteiger partial charge in [0.2, 0.25) is 11.8 Å². The highest BCUT2D eigenvalue weighted by Crippen LogP contribution is 2.49. The van der Waals surface area contributed by atoms with Crippen molar-refractivity contribution < 1.29 is 9.59 Å². The van der Waals surface area contributed by atoms with Crippen molar-refractivity contribution in [1.82, 2.24) is 4.90 Å². The number of nitrogens with one attached hydrogen (secondary N) is 1. The Balaban J connectivity index is 1.13. The molecule has 1 saturated heterocycles. The molecule has 3 N–H and O–H groups in total. The number of rotatable bonds is 7. The second-order valence-corrected chi connectivity index (χ2v) is 9.43. The van der Waals surface area contributed by atoms with E-state index in [2.05, 4.69) is 33.3 Å². The first-order valence-corrected chi connectivity index (χ1v) is 11.9. The lowest BCUT2D eigenvalue weighted by Crippen LogP contribution is -2.46. The van der Waals surface area contributed by atoms with Crippen molar-refractivity contribution in [3.05, 3.63) is 59.2 Å². The number of nitrogens with two attached hydrogens (primary N) is 1. The van der Waals surface area contributed by atoms with Crippen LogP contribution in [0.2, 0.25) is 0 Å². The predicted octanol–water partition coefficient (Wildman–Crippen LogP) is 3.30. The number of carbonyl (C=O) groups is 2. The Hall–Kier alpha value is -2.86. The highest BCUT2D eigenvalue weighted by Gasteiger charge is 2.48. The quantitative estimate of drug-likeness (QED) is 0.658. The summed E-state index contributed by atoms with van der Waals surface area (Å²) in [4.78, 5) is 29.2. The summed E-state index contributed by atoms with van der Waals surface area (Å²) in [5, 5.41) is 3.16. The number of unbranched alkanes of at least 4 members (excludes halogenated alkanes) is 1. The van der Waals surface area contributed by atoms with E-state index in [1.807, 2.05) is 18.2 Å². The second-order valence-electron chi connectivity index (χ2n) is 9.43. The molecule has 6 nitrogen and oxygen atoms in total. The molecule has 2 aromatic carbocycles. The van der Waals surface area contributed by atoms with Crippen LogP contribution in [-0.2, 0) is 16.6 Å². The molecule has 2 amide bonds. The maximum absolute atomic E-state index is 12.9. The van der Waals surface area contributed by atoms with Crippen LogP contribution in [-0.4, -0.2) is 49.4 Å². The third-order valence-electron chi connectivity index (χ3n) is 7.56. The molecule has 0 spiro atoms. The lowest BCUT2D eigenvalue weighted by atomic mass is 9.68. The van der Waals surface area contributed by atoms with E-state index in [0.717, 1.165) is 82.6 Å². The van der Waals surface area contributed by atoms with Crippen LogP contribution in [0.4, 0.5) is 11.4 Å². The molecular formula is C26H32N4O2. The summed E-state index contributed by atoms with van der Waals surface area (Å²) in [7, 11) is 0. The van der Waals surface area contributed by atoms with Gasteiger partial charge in [0.25, 0.3) is 0 Å². The van der Waals surface area contributed by atoms with E-state index in [4.69, 9.17) is 5.73 Å². The highest BCUT2D eigenvalue weighted by atomic mass is 16.2. The van der Waals surface area contributed by atoms with E-state index in [1.165, 1.54) is 11.1 Å². The summed E-state index contributed by atoms with van der Waals surface area (Å²) in [5.74, 6) is -0.167. The van der Waals surface area contributed by atoms with Crippen LogP contribution in [0.1, 0.15) is 53.6 Å². The van der Waals surface area contributed by atoms with Crippen molar-refractivity contribution in [2.75, 3.05) is 42.9 Å². The van der Waals surface area contributed by atoms with Crippen LogP contribution in [0.25, 0.3) is 0 Å². The molecule has 2 aromatic rings. The van der Waals surface area contributed by atoms with Crippen molar-refractivity contribution in [3.63, 3.8) is 0 Å². The minimum absolute atomic E-state index is 0.214. The fourth-order valence-electron chi connectivity index (χ4n) is 5.86. The van der Waals surface area contributed by atoms with Crippen LogP contribution in [0.15, 0.2) is 42.5 Å². The molecular weight excluding hydrogens is 400 g/mol. The van der Waals surface area contributed by atoms with Gasteiger partial charge in [0.05, 0.1) is 5.41 Å². The molecule has 2 heterocycles. The normalized spacial score (nSPS) is 22.5. The van der Waals surface area contributed by atoms with Gasteiger partial charge in [-0.25, -0.2) is 0 Å². The Bertz CT molecular complexity index is 1030. The lowest BCUT2D eigenvalue weighted by molar-refractivity contribution is -0.121. The van der Waals surface area contributed by atoms with Crippen LogP contribution < -0.4 is 16.0 Å². The first-order valence-electron chi connectivity index (χ1n) is 11.9. The molecule has 6 heteroatoms. The van der Waals surface area contributed by atoms with E-state index < -0.39 is 0 Å². The number of piperazine rings is 1. The molecule has 1 fully saturated rings. The average molecular weight is 433 g/mol. The molecule has 1 aliphatic carbocycles. The molecule has 3 aliphatic rings. The van der Waals surface area contributed by atoms with Gasteiger partial charge in [0.1, 0.15) is 0 Å². The first kappa shape index (κ1) is 21.0. The fraction of sp³-hybridized carbons (Fsp3) is 0.462. The molecule has 32 heavy (non-hydrogen) atoms. The number of benzene rings is 2. The summed E-state index contributed by atoms with van der Waals surface area (Å²) < 4.78 is 0. The van der Waals surface area contributed by atoms with Gasteiger partial charge in [-0.3, -0.25) is 14.5 Å². The van der Waals surface area contributed by atoms with E-state index >= 15 is 0 Å². The summed E-state index contributed by atoms with van der Waals surface area (Å²) in [6.45, 7) is 5.00. The van der Waals surface area contributed by atoms with Crippen molar-refractivity contribution in [2.24, 2.45) is 5.73 Å². The number of hydrogen-bond donors (Lipinski definition) is 2. The van der Waals surface area contributed by atoms with Gasteiger partial charge in [-0.1, -0.05) is 24.6 Å². The fourth-order valence-corrected chi connectivity index (χ4v) is 5.86. The zero-order valence-corrected chi connectivity index (χ0v) is 18.6. The molecule has 168 valence electrons. The van der Waals surface area contributed by atoms with E-state index in [1.54, 1.807) is 6.07 Å². The van der Waals surface area contributed by atoms with Gasteiger partial charge in [-0.2, -0.15) is 0 Å². The topological polar surface area (TPSA) is 78.7 Å². The molecule has 0 saturated carbocycles. The van der Waals surface area contributed by atoms with Gasteiger partial charge >= 0.3 is 0 Å². The van der Waals surface area contributed by atoms with Gasteiger partial charge in [0, 0.05) is 43.1 Å². The zero-order valence-electron chi connectivity index (χ0n) is 18.6. The summed E-state index contributed by atoms with van der Waals surface area (Å²) in [6.07, 6.45) is 6.30. The van der Waals surface area contributed by atoms with E-state index in [9.17, 15) is 9.59 Å². The van der Waals surface area contributed by atoms with Crippen LogP contribution in [0.5, 0.6) is 0 Å². The van der Waals surface area contributed by atoms with E-state index in [-0.39, 0.29) is 17.2 Å². The number of anilines is 2. The van der Waals surface area contributed by atoms with Crippen LogP contribution in [0.3, 0.4) is 0 Å². The number of nitrogens with zero attached hydrogens (tertiary/aromatic N) is 2. The summed E-state index contributed by atoms with van der Waals surface area (Å²) >= 11 is 0. The van der Waals surface area contributed by atoms with Crippen molar-refractivity contribution >= 4 is 23.2 Å². The summed E-state index contributed by atoms with van der Waals surface area (Å²) in [6, 6.07) is 13.9. The number of amides is 2. The minimum Gasteiger partial charge on any atom is -0.369 e. The van der Waals surface area contributed by atoms with Gasteiger partial charge in [0.15, 0.2) is 0 Å². The Morgan fingerprint density at radius 1 is 1.06 bits per heavy atom. The monoisotopic (exact) mass is 432 g/mol. The van der Waals surface area contributed by atoms with Gasteiger partial charge in [-0.05, 0) is 74.0 Å².